The number of rotatable bonds is 8. The van der Waals surface area contributed by atoms with E-state index in [2.05, 4.69) is 25.8 Å². The smallest absolute Gasteiger partial charge is 0.289 e. The second-order valence-electron chi connectivity index (χ2n) is 6.89. The number of aliphatic hydroxyl groups is 1. The average molecular weight is 398 g/mol. The van der Waals surface area contributed by atoms with Crippen LogP contribution in [0.15, 0.2) is 42.6 Å². The molecule has 1 aliphatic carbocycles. The molecule has 1 atom stereocenters. The van der Waals surface area contributed by atoms with Crippen molar-refractivity contribution in [3.05, 3.63) is 69.8 Å². The molecule has 10 heteroatoms. The van der Waals surface area contributed by atoms with Gasteiger partial charge < -0.3 is 15.7 Å². The van der Waals surface area contributed by atoms with E-state index >= 15 is 0 Å². The summed E-state index contributed by atoms with van der Waals surface area (Å²) in [6.45, 7) is -0.280. The Morgan fingerprint density at radius 2 is 2.07 bits per heavy atom. The van der Waals surface area contributed by atoms with Crippen molar-refractivity contribution in [3.63, 3.8) is 0 Å². The molecule has 1 saturated carbocycles. The topological polar surface area (TPSA) is 129 Å². The highest BCUT2D eigenvalue weighted by Crippen LogP contribution is 2.40. The fourth-order valence-corrected chi connectivity index (χ4v) is 3.00. The first-order valence-corrected chi connectivity index (χ1v) is 9.13. The molecule has 0 amide bonds. The van der Waals surface area contributed by atoms with E-state index in [4.69, 9.17) is 0 Å². The van der Waals surface area contributed by atoms with Gasteiger partial charge in [-0.2, -0.15) is 5.10 Å². The van der Waals surface area contributed by atoms with E-state index in [-0.39, 0.29) is 18.1 Å². The van der Waals surface area contributed by atoms with Crippen molar-refractivity contribution >= 4 is 23.0 Å². The molecule has 4 rings (SSSR count). The van der Waals surface area contributed by atoms with Crippen LogP contribution in [-0.4, -0.2) is 31.8 Å². The van der Waals surface area contributed by atoms with Crippen LogP contribution in [0.25, 0.3) is 0 Å². The van der Waals surface area contributed by atoms with Crippen LogP contribution < -0.4 is 10.6 Å². The highest BCUT2D eigenvalue weighted by Gasteiger charge is 2.26. The molecule has 0 bridgehead atoms. The molecule has 9 nitrogen and oxygen atoms in total. The predicted molar refractivity (Wildman–Crippen MR) is 105 cm³/mol. The molecule has 0 spiro atoms. The fourth-order valence-electron chi connectivity index (χ4n) is 3.00. The van der Waals surface area contributed by atoms with Crippen molar-refractivity contribution in [3.8, 4) is 0 Å². The number of H-pyrrole nitrogens is 1. The number of hydrogen-bond acceptors (Lipinski definition) is 7. The summed E-state index contributed by atoms with van der Waals surface area (Å²) in [5, 5.41) is 34.2. The molecule has 0 unspecified atom stereocenters. The minimum atomic E-state index is -0.577. The van der Waals surface area contributed by atoms with Crippen LogP contribution in [-0.2, 0) is 0 Å². The highest BCUT2D eigenvalue weighted by atomic mass is 19.1. The fraction of sp³-hybridized carbons (Fsp3) is 0.263. The van der Waals surface area contributed by atoms with Gasteiger partial charge in [-0.15, -0.1) is 0 Å². The van der Waals surface area contributed by atoms with Crippen molar-refractivity contribution in [2.75, 3.05) is 17.2 Å². The zero-order valence-electron chi connectivity index (χ0n) is 15.3. The quantitative estimate of drug-likeness (QED) is 0.337. The van der Waals surface area contributed by atoms with Crippen molar-refractivity contribution in [1.82, 2.24) is 15.2 Å². The molecule has 0 aliphatic heterocycles. The second-order valence-corrected chi connectivity index (χ2v) is 6.89. The number of halogens is 1. The lowest BCUT2D eigenvalue weighted by atomic mass is 10.1. The number of anilines is 3. The highest BCUT2D eigenvalue weighted by molar-refractivity contribution is 5.72. The van der Waals surface area contributed by atoms with Crippen LogP contribution in [0.4, 0.5) is 27.4 Å². The largest absolute Gasteiger partial charge is 0.394 e. The number of pyridine rings is 1. The SMILES string of the molecule is O=[N+]([O-])c1cnc(N[C@@H](CO)c2ccc(F)cc2)c(Nc2cc(C3CC3)[nH]n2)c1. The molecule has 1 aromatic carbocycles. The Morgan fingerprint density at radius 1 is 1.31 bits per heavy atom. The summed E-state index contributed by atoms with van der Waals surface area (Å²) in [6, 6.07) is 8.33. The first-order chi connectivity index (χ1) is 14.0. The van der Waals surface area contributed by atoms with Crippen LogP contribution in [0.5, 0.6) is 0 Å². The average Bonchev–Trinajstić information content (AvgIpc) is 3.47. The van der Waals surface area contributed by atoms with Crippen LogP contribution in [0, 0.1) is 15.9 Å². The lowest BCUT2D eigenvalue weighted by molar-refractivity contribution is -0.385. The first-order valence-electron chi connectivity index (χ1n) is 9.13. The molecule has 29 heavy (non-hydrogen) atoms. The monoisotopic (exact) mass is 398 g/mol. The minimum Gasteiger partial charge on any atom is -0.394 e. The Hall–Kier alpha value is -3.53. The van der Waals surface area contributed by atoms with E-state index < -0.39 is 11.0 Å². The summed E-state index contributed by atoms with van der Waals surface area (Å²) in [5.41, 5.74) is 1.82. The van der Waals surface area contributed by atoms with E-state index in [1.54, 1.807) is 12.1 Å². The number of aliphatic hydroxyl groups excluding tert-OH is 1. The van der Waals surface area contributed by atoms with Gasteiger partial charge in [0.1, 0.15) is 12.0 Å². The number of aromatic nitrogens is 3. The summed E-state index contributed by atoms with van der Waals surface area (Å²) in [7, 11) is 0. The predicted octanol–water partition coefficient (Wildman–Crippen LogP) is 3.62. The van der Waals surface area contributed by atoms with Crippen molar-refractivity contribution in [2.24, 2.45) is 0 Å². The maximum absolute atomic E-state index is 13.2. The lowest BCUT2D eigenvalue weighted by Gasteiger charge is -2.19. The maximum Gasteiger partial charge on any atom is 0.289 e. The second kappa shape index (κ2) is 7.84. The number of hydrogen-bond donors (Lipinski definition) is 4. The zero-order valence-corrected chi connectivity index (χ0v) is 15.3. The van der Waals surface area contributed by atoms with E-state index in [1.807, 2.05) is 6.07 Å². The third kappa shape index (κ3) is 4.32. The van der Waals surface area contributed by atoms with Gasteiger partial charge in [0.15, 0.2) is 11.6 Å². The Bertz CT molecular complexity index is 1020. The number of nitrogens with zero attached hydrogens (tertiary/aromatic N) is 3. The molecule has 2 aromatic heterocycles. The van der Waals surface area contributed by atoms with Gasteiger partial charge in [-0.3, -0.25) is 15.2 Å². The summed E-state index contributed by atoms with van der Waals surface area (Å²) in [5.74, 6) is 0.914. The number of nitrogens with one attached hydrogen (secondary N) is 3. The van der Waals surface area contributed by atoms with Gasteiger partial charge in [0, 0.05) is 23.7 Å². The molecule has 1 aliphatic rings. The van der Waals surface area contributed by atoms with Crippen LogP contribution in [0.2, 0.25) is 0 Å². The normalized spacial score (nSPS) is 14.4. The third-order valence-corrected chi connectivity index (χ3v) is 4.73. The molecule has 4 N–H and O–H groups in total. The Balaban J connectivity index is 1.61. The molecule has 150 valence electrons. The maximum atomic E-state index is 13.2. The van der Waals surface area contributed by atoms with Gasteiger partial charge >= 0.3 is 0 Å². The molecular formula is C19H19FN6O3. The van der Waals surface area contributed by atoms with Crippen molar-refractivity contribution in [1.29, 1.82) is 0 Å². The zero-order chi connectivity index (χ0) is 20.4. The van der Waals surface area contributed by atoms with E-state index in [9.17, 15) is 19.6 Å². The van der Waals surface area contributed by atoms with Gasteiger partial charge in [-0.05, 0) is 30.5 Å². The van der Waals surface area contributed by atoms with Crippen LogP contribution in [0.3, 0.4) is 0 Å². The van der Waals surface area contributed by atoms with Gasteiger partial charge in [-0.1, -0.05) is 12.1 Å². The van der Waals surface area contributed by atoms with Gasteiger partial charge in [-0.25, -0.2) is 9.37 Å². The standard InChI is InChI=1S/C19H19FN6O3/c20-13-5-3-12(4-6-13)17(10-27)23-19-16(7-14(9-21-19)26(28)29)22-18-8-15(24-25-18)11-1-2-11/h3-9,11,17,27H,1-2,10H2,(H,21,23)(H2,22,24,25)/t17-/m0/s1. The first kappa shape index (κ1) is 18.8. The van der Waals surface area contributed by atoms with Crippen LogP contribution >= 0.6 is 0 Å². The van der Waals surface area contributed by atoms with E-state index in [0.29, 0.717) is 28.8 Å². The molecule has 0 radical (unpaired) electrons. The lowest BCUT2D eigenvalue weighted by Crippen LogP contribution is -2.16. The Morgan fingerprint density at radius 3 is 2.72 bits per heavy atom. The number of nitro groups is 1. The molecule has 3 aromatic rings. The molecule has 2 heterocycles. The van der Waals surface area contributed by atoms with E-state index in [1.165, 1.54) is 18.2 Å². The Kier molecular flexibility index (Phi) is 5.09. The van der Waals surface area contributed by atoms with Crippen molar-refractivity contribution in [2.45, 2.75) is 24.8 Å². The van der Waals surface area contributed by atoms with Crippen LogP contribution in [0.1, 0.15) is 36.1 Å². The van der Waals surface area contributed by atoms with E-state index in [0.717, 1.165) is 24.7 Å². The summed E-state index contributed by atoms with van der Waals surface area (Å²) in [6.07, 6.45) is 3.36. The minimum absolute atomic E-state index is 0.182. The van der Waals surface area contributed by atoms with Gasteiger partial charge in [0.05, 0.1) is 23.3 Å². The molecule has 1 fully saturated rings. The molecule has 0 saturated heterocycles. The number of benzene rings is 1. The van der Waals surface area contributed by atoms with Gasteiger partial charge in [0.25, 0.3) is 5.69 Å². The van der Waals surface area contributed by atoms with Crippen molar-refractivity contribution < 1.29 is 14.4 Å². The van der Waals surface area contributed by atoms with Gasteiger partial charge in [0.2, 0.25) is 0 Å². The summed E-state index contributed by atoms with van der Waals surface area (Å²) >= 11 is 0. The summed E-state index contributed by atoms with van der Waals surface area (Å²) < 4.78 is 13.2. The Labute approximate surface area is 165 Å². The number of aromatic amines is 1. The third-order valence-electron chi connectivity index (χ3n) is 4.73. The molecular weight excluding hydrogens is 379 g/mol. The summed E-state index contributed by atoms with van der Waals surface area (Å²) in [4.78, 5) is 14.8.